The van der Waals surface area contributed by atoms with E-state index in [0.29, 0.717) is 24.9 Å². The molecule has 2 aliphatic rings. The number of ether oxygens (including phenoxy) is 2. The Bertz CT molecular complexity index is 207. The van der Waals surface area contributed by atoms with Crippen LogP contribution in [0.2, 0.25) is 0 Å². The SMILES string of the molecule is CCC1CN(CC2CCOCO2)CCC1N. The van der Waals surface area contributed by atoms with Gasteiger partial charge in [-0.2, -0.15) is 0 Å². The van der Waals surface area contributed by atoms with E-state index in [1.165, 1.54) is 6.42 Å². The van der Waals surface area contributed by atoms with Crippen LogP contribution in [0.1, 0.15) is 26.2 Å². The molecule has 2 rings (SSSR count). The van der Waals surface area contributed by atoms with Gasteiger partial charge in [0.2, 0.25) is 0 Å². The van der Waals surface area contributed by atoms with Gasteiger partial charge in [0.25, 0.3) is 0 Å². The molecule has 3 atom stereocenters. The van der Waals surface area contributed by atoms with Gasteiger partial charge in [-0.25, -0.2) is 0 Å². The third-order valence-electron chi connectivity index (χ3n) is 3.83. The van der Waals surface area contributed by atoms with Crippen molar-refractivity contribution in [2.24, 2.45) is 11.7 Å². The first-order valence-corrected chi connectivity index (χ1v) is 6.47. The van der Waals surface area contributed by atoms with Gasteiger partial charge in [0.05, 0.1) is 12.7 Å². The van der Waals surface area contributed by atoms with Crippen molar-refractivity contribution in [3.63, 3.8) is 0 Å². The normalized spacial score (nSPS) is 37.5. The molecule has 0 saturated carbocycles. The molecule has 4 nitrogen and oxygen atoms in total. The second-order valence-corrected chi connectivity index (χ2v) is 4.98. The lowest BCUT2D eigenvalue weighted by molar-refractivity contribution is -0.146. The van der Waals surface area contributed by atoms with Crippen LogP contribution in [-0.4, -0.2) is 50.1 Å². The van der Waals surface area contributed by atoms with Crippen molar-refractivity contribution < 1.29 is 9.47 Å². The van der Waals surface area contributed by atoms with E-state index in [0.717, 1.165) is 39.1 Å². The average molecular weight is 228 g/mol. The molecule has 2 heterocycles. The molecule has 94 valence electrons. The van der Waals surface area contributed by atoms with E-state index < -0.39 is 0 Å². The summed E-state index contributed by atoms with van der Waals surface area (Å²) in [5.74, 6) is 0.661. The van der Waals surface area contributed by atoms with Gasteiger partial charge in [0.15, 0.2) is 0 Å². The summed E-state index contributed by atoms with van der Waals surface area (Å²) in [6, 6.07) is 0.400. The molecule has 2 aliphatic heterocycles. The van der Waals surface area contributed by atoms with Crippen LogP contribution in [0.15, 0.2) is 0 Å². The molecule has 0 aromatic rings. The Morgan fingerprint density at radius 1 is 1.38 bits per heavy atom. The maximum absolute atomic E-state index is 6.11. The molecule has 2 saturated heterocycles. The van der Waals surface area contributed by atoms with E-state index in [1.807, 2.05) is 0 Å². The first kappa shape index (κ1) is 12.3. The van der Waals surface area contributed by atoms with Crippen molar-refractivity contribution in [3.8, 4) is 0 Å². The van der Waals surface area contributed by atoms with Crippen molar-refractivity contribution in [1.82, 2.24) is 4.90 Å². The number of hydrogen-bond acceptors (Lipinski definition) is 4. The molecule has 2 N–H and O–H groups in total. The highest BCUT2D eigenvalue weighted by molar-refractivity contribution is 4.83. The van der Waals surface area contributed by atoms with Crippen LogP contribution in [0, 0.1) is 5.92 Å². The third-order valence-corrected chi connectivity index (χ3v) is 3.83. The van der Waals surface area contributed by atoms with Gasteiger partial charge in [0.1, 0.15) is 6.79 Å². The number of hydrogen-bond donors (Lipinski definition) is 1. The van der Waals surface area contributed by atoms with Gasteiger partial charge < -0.3 is 20.1 Å². The molecule has 0 spiro atoms. The quantitative estimate of drug-likeness (QED) is 0.776. The highest BCUT2D eigenvalue weighted by Crippen LogP contribution is 2.20. The first-order chi connectivity index (χ1) is 7.79. The van der Waals surface area contributed by atoms with Crippen LogP contribution < -0.4 is 5.73 Å². The molecule has 0 radical (unpaired) electrons. The molecular formula is C12H24N2O2. The Kier molecular flexibility index (Phi) is 4.58. The Hall–Kier alpha value is -0.160. The largest absolute Gasteiger partial charge is 0.355 e. The Balaban J connectivity index is 1.76. The monoisotopic (exact) mass is 228 g/mol. The number of likely N-dealkylation sites (tertiary alicyclic amines) is 1. The summed E-state index contributed by atoms with van der Waals surface area (Å²) in [5, 5.41) is 0. The van der Waals surface area contributed by atoms with Crippen molar-refractivity contribution in [2.75, 3.05) is 33.0 Å². The lowest BCUT2D eigenvalue weighted by atomic mass is 9.90. The second kappa shape index (κ2) is 5.96. The van der Waals surface area contributed by atoms with Crippen LogP contribution in [0.5, 0.6) is 0 Å². The average Bonchev–Trinajstić information content (AvgIpc) is 2.33. The standard InChI is InChI=1S/C12H24N2O2/c1-2-10-7-14(5-3-12(10)13)8-11-4-6-15-9-16-11/h10-12H,2-9,13H2,1H3. The van der Waals surface area contributed by atoms with E-state index in [9.17, 15) is 0 Å². The van der Waals surface area contributed by atoms with Crippen LogP contribution in [0.25, 0.3) is 0 Å². The lowest BCUT2D eigenvalue weighted by Crippen LogP contribution is -2.49. The number of rotatable bonds is 3. The van der Waals surface area contributed by atoms with Gasteiger partial charge in [-0.15, -0.1) is 0 Å². The fourth-order valence-corrected chi connectivity index (χ4v) is 2.66. The summed E-state index contributed by atoms with van der Waals surface area (Å²) < 4.78 is 10.8. The minimum absolute atomic E-state index is 0.362. The van der Waals surface area contributed by atoms with E-state index in [-0.39, 0.29) is 0 Å². The summed E-state index contributed by atoms with van der Waals surface area (Å²) in [6.07, 6.45) is 3.70. The van der Waals surface area contributed by atoms with Crippen LogP contribution in [0.4, 0.5) is 0 Å². The molecule has 16 heavy (non-hydrogen) atoms. The van der Waals surface area contributed by atoms with Crippen molar-refractivity contribution >= 4 is 0 Å². The van der Waals surface area contributed by atoms with Gasteiger partial charge in [-0.1, -0.05) is 13.3 Å². The van der Waals surface area contributed by atoms with Crippen LogP contribution in [0.3, 0.4) is 0 Å². The summed E-state index contributed by atoms with van der Waals surface area (Å²) in [6.45, 7) is 6.85. The number of nitrogens with two attached hydrogens (primary N) is 1. The molecule has 0 aromatic carbocycles. The zero-order valence-corrected chi connectivity index (χ0v) is 10.2. The molecule has 2 fully saturated rings. The minimum atomic E-state index is 0.362. The smallest absolute Gasteiger partial charge is 0.147 e. The highest BCUT2D eigenvalue weighted by Gasteiger charge is 2.27. The topological polar surface area (TPSA) is 47.7 Å². The predicted octanol–water partition coefficient (Wildman–Crippen LogP) is 0.809. The summed E-state index contributed by atoms with van der Waals surface area (Å²) in [4.78, 5) is 2.51. The fourth-order valence-electron chi connectivity index (χ4n) is 2.66. The Morgan fingerprint density at radius 2 is 2.25 bits per heavy atom. The number of piperidine rings is 1. The van der Waals surface area contributed by atoms with Crippen LogP contribution >= 0.6 is 0 Å². The van der Waals surface area contributed by atoms with Crippen molar-refractivity contribution in [1.29, 1.82) is 0 Å². The van der Waals surface area contributed by atoms with Crippen LogP contribution in [-0.2, 0) is 9.47 Å². The highest BCUT2D eigenvalue weighted by atomic mass is 16.7. The fraction of sp³-hybridized carbons (Fsp3) is 1.00. The van der Waals surface area contributed by atoms with Crippen molar-refractivity contribution in [2.45, 2.75) is 38.3 Å². The molecule has 0 amide bonds. The third kappa shape index (κ3) is 3.17. The van der Waals surface area contributed by atoms with E-state index in [1.54, 1.807) is 0 Å². The summed E-state index contributed by atoms with van der Waals surface area (Å²) in [7, 11) is 0. The first-order valence-electron chi connectivity index (χ1n) is 6.47. The summed E-state index contributed by atoms with van der Waals surface area (Å²) >= 11 is 0. The van der Waals surface area contributed by atoms with Gasteiger partial charge >= 0.3 is 0 Å². The zero-order chi connectivity index (χ0) is 11.4. The predicted molar refractivity (Wildman–Crippen MR) is 63.1 cm³/mol. The second-order valence-electron chi connectivity index (χ2n) is 4.98. The van der Waals surface area contributed by atoms with E-state index in [4.69, 9.17) is 15.2 Å². The zero-order valence-electron chi connectivity index (χ0n) is 10.2. The summed E-state index contributed by atoms with van der Waals surface area (Å²) in [5.41, 5.74) is 6.11. The molecule has 4 heteroatoms. The van der Waals surface area contributed by atoms with E-state index in [2.05, 4.69) is 11.8 Å². The minimum Gasteiger partial charge on any atom is -0.355 e. The molecule has 0 bridgehead atoms. The van der Waals surface area contributed by atoms with Gasteiger partial charge in [-0.3, -0.25) is 0 Å². The molecule has 0 aliphatic carbocycles. The lowest BCUT2D eigenvalue weighted by Gasteiger charge is -2.38. The Labute approximate surface area is 98.1 Å². The molecule has 3 unspecified atom stereocenters. The van der Waals surface area contributed by atoms with Gasteiger partial charge in [-0.05, 0) is 25.3 Å². The van der Waals surface area contributed by atoms with Gasteiger partial charge in [0, 0.05) is 19.1 Å². The van der Waals surface area contributed by atoms with E-state index >= 15 is 0 Å². The van der Waals surface area contributed by atoms with Crippen molar-refractivity contribution in [3.05, 3.63) is 0 Å². The maximum atomic E-state index is 6.11. The molecular weight excluding hydrogens is 204 g/mol. The molecule has 0 aromatic heterocycles. The number of nitrogens with zero attached hydrogens (tertiary/aromatic N) is 1. The Morgan fingerprint density at radius 3 is 2.94 bits per heavy atom. The maximum Gasteiger partial charge on any atom is 0.147 e.